The molecule has 0 saturated carbocycles. The molecule has 0 fully saturated rings. The van der Waals surface area contributed by atoms with E-state index in [1.54, 1.807) is 18.4 Å². The number of fused-ring (bicyclic) bond motifs is 1. The fourth-order valence-corrected chi connectivity index (χ4v) is 3.68. The summed E-state index contributed by atoms with van der Waals surface area (Å²) >= 11 is 7.82. The second kappa shape index (κ2) is 6.95. The summed E-state index contributed by atoms with van der Waals surface area (Å²) in [6.45, 7) is 1.31. The molecule has 0 bridgehead atoms. The number of nitrogens with one attached hydrogen (secondary N) is 1. The van der Waals surface area contributed by atoms with Crippen LogP contribution in [0.3, 0.4) is 0 Å². The molecule has 1 aliphatic rings. The maximum absolute atomic E-state index is 6.21. The maximum atomic E-state index is 6.21. The molecule has 1 aromatic carbocycles. The molecule has 1 N–H and O–H groups in total. The summed E-state index contributed by atoms with van der Waals surface area (Å²) in [5, 5.41) is 5.00. The third-order valence-corrected chi connectivity index (χ3v) is 5.40. The van der Waals surface area contributed by atoms with Crippen molar-refractivity contribution >= 4 is 28.1 Å². The second-order valence-electron chi connectivity index (χ2n) is 5.65. The zero-order valence-electron chi connectivity index (χ0n) is 13.4. The first-order valence-corrected chi connectivity index (χ1v) is 8.62. The van der Waals surface area contributed by atoms with Crippen LogP contribution in [0, 0.1) is 0 Å². The first kappa shape index (κ1) is 16.4. The Kier molecular flexibility index (Phi) is 4.94. The summed E-state index contributed by atoms with van der Waals surface area (Å²) < 4.78 is 11.2. The number of methoxy groups -OCH3 is 1. The molecule has 0 saturated heterocycles. The Hall–Kier alpha value is -1.50. The Morgan fingerprint density at radius 1 is 1.48 bits per heavy atom. The van der Waals surface area contributed by atoms with E-state index >= 15 is 0 Å². The van der Waals surface area contributed by atoms with Crippen molar-refractivity contribution in [2.45, 2.75) is 19.0 Å². The number of thiazole rings is 1. The van der Waals surface area contributed by atoms with Crippen molar-refractivity contribution in [3.8, 4) is 11.5 Å². The van der Waals surface area contributed by atoms with Crippen LogP contribution in [0.1, 0.15) is 10.4 Å². The van der Waals surface area contributed by atoms with Gasteiger partial charge < -0.3 is 19.7 Å². The van der Waals surface area contributed by atoms with Gasteiger partial charge in [0.2, 0.25) is 0 Å². The lowest BCUT2D eigenvalue weighted by Crippen LogP contribution is -2.38. The van der Waals surface area contributed by atoms with Crippen molar-refractivity contribution in [2.75, 3.05) is 32.7 Å². The average molecular weight is 354 g/mol. The highest BCUT2D eigenvalue weighted by molar-refractivity contribution is 7.16. The van der Waals surface area contributed by atoms with Gasteiger partial charge in [0, 0.05) is 26.7 Å². The van der Waals surface area contributed by atoms with E-state index in [9.17, 15) is 0 Å². The van der Waals surface area contributed by atoms with Crippen molar-refractivity contribution in [1.82, 2.24) is 10.3 Å². The largest absolute Gasteiger partial charge is 0.493 e. The SMILES string of the molecule is COc1cccc2c1OCC(NCc1sc(N(C)C)nc1Cl)C2. The maximum Gasteiger partial charge on any atom is 0.186 e. The van der Waals surface area contributed by atoms with E-state index in [-0.39, 0.29) is 6.04 Å². The van der Waals surface area contributed by atoms with Gasteiger partial charge in [-0.15, -0.1) is 0 Å². The number of rotatable bonds is 5. The fraction of sp³-hybridized carbons (Fsp3) is 0.438. The van der Waals surface area contributed by atoms with Crippen LogP contribution in [-0.2, 0) is 13.0 Å². The highest BCUT2D eigenvalue weighted by Crippen LogP contribution is 2.35. The molecular formula is C16H20ClN3O2S. The van der Waals surface area contributed by atoms with Crippen LogP contribution in [0.4, 0.5) is 5.13 Å². The van der Waals surface area contributed by atoms with Gasteiger partial charge in [0.15, 0.2) is 16.6 Å². The van der Waals surface area contributed by atoms with Crippen molar-refractivity contribution in [3.63, 3.8) is 0 Å². The number of hydrogen-bond donors (Lipinski definition) is 1. The molecule has 1 aromatic heterocycles. The second-order valence-corrected chi connectivity index (χ2v) is 7.07. The number of nitrogens with zero attached hydrogens (tertiary/aromatic N) is 2. The summed E-state index contributed by atoms with van der Waals surface area (Å²) in [7, 11) is 5.59. The standard InChI is InChI=1S/C16H20ClN3O2S/c1-20(2)16-19-15(17)13(23-16)8-18-11-7-10-5-4-6-12(21-3)14(10)22-9-11/h4-6,11,18H,7-9H2,1-3H3. The van der Waals surface area contributed by atoms with Crippen molar-refractivity contribution in [1.29, 1.82) is 0 Å². The summed E-state index contributed by atoms with van der Waals surface area (Å²) in [4.78, 5) is 7.37. The van der Waals surface area contributed by atoms with Crippen molar-refractivity contribution < 1.29 is 9.47 Å². The molecule has 0 radical (unpaired) electrons. The zero-order valence-corrected chi connectivity index (χ0v) is 15.0. The number of para-hydroxylation sites is 1. The Morgan fingerprint density at radius 3 is 3.00 bits per heavy atom. The summed E-state index contributed by atoms with van der Waals surface area (Å²) in [6, 6.07) is 6.24. The van der Waals surface area contributed by atoms with E-state index in [0.717, 1.165) is 33.5 Å². The molecule has 1 aliphatic heterocycles. The van der Waals surface area contributed by atoms with Gasteiger partial charge in [-0.3, -0.25) is 0 Å². The Bertz CT molecular complexity index is 690. The topological polar surface area (TPSA) is 46.6 Å². The van der Waals surface area contributed by atoms with Gasteiger partial charge in [-0.25, -0.2) is 4.98 Å². The molecule has 3 rings (SSSR count). The van der Waals surface area contributed by atoms with E-state index in [0.29, 0.717) is 18.3 Å². The third kappa shape index (κ3) is 3.54. The molecular weight excluding hydrogens is 334 g/mol. The minimum absolute atomic E-state index is 0.246. The van der Waals surface area contributed by atoms with Gasteiger partial charge in [-0.05, 0) is 18.1 Å². The Morgan fingerprint density at radius 2 is 2.30 bits per heavy atom. The van der Waals surface area contributed by atoms with Gasteiger partial charge in [0.05, 0.1) is 12.0 Å². The fourth-order valence-electron chi connectivity index (χ4n) is 2.54. The predicted octanol–water partition coefficient (Wildman–Crippen LogP) is 2.96. The average Bonchev–Trinajstić information content (AvgIpc) is 2.93. The number of anilines is 1. The summed E-state index contributed by atoms with van der Waals surface area (Å²) in [5.41, 5.74) is 1.16. The number of hydrogen-bond acceptors (Lipinski definition) is 6. The van der Waals surface area contributed by atoms with Gasteiger partial charge in [-0.1, -0.05) is 35.1 Å². The third-order valence-electron chi connectivity index (χ3n) is 3.75. The molecule has 124 valence electrons. The lowest BCUT2D eigenvalue weighted by atomic mass is 10.0. The highest BCUT2D eigenvalue weighted by Gasteiger charge is 2.23. The first-order valence-electron chi connectivity index (χ1n) is 7.43. The van der Waals surface area contributed by atoms with Crippen LogP contribution in [0.15, 0.2) is 18.2 Å². The minimum atomic E-state index is 0.246. The van der Waals surface area contributed by atoms with E-state index in [2.05, 4.69) is 16.4 Å². The zero-order chi connectivity index (χ0) is 16.4. The molecule has 5 nitrogen and oxygen atoms in total. The lowest BCUT2D eigenvalue weighted by molar-refractivity contribution is 0.227. The smallest absolute Gasteiger partial charge is 0.186 e. The lowest BCUT2D eigenvalue weighted by Gasteiger charge is -2.27. The number of ether oxygens (including phenoxy) is 2. The van der Waals surface area contributed by atoms with Gasteiger partial charge >= 0.3 is 0 Å². The van der Waals surface area contributed by atoms with Crippen molar-refractivity contribution in [3.05, 3.63) is 33.8 Å². The normalized spacial score (nSPS) is 16.6. The Balaban J connectivity index is 1.64. The first-order chi connectivity index (χ1) is 11.1. The van der Waals surface area contributed by atoms with Gasteiger partial charge in [-0.2, -0.15) is 0 Å². The quantitative estimate of drug-likeness (QED) is 0.895. The highest BCUT2D eigenvalue weighted by atomic mass is 35.5. The van der Waals surface area contributed by atoms with E-state index in [4.69, 9.17) is 21.1 Å². The van der Waals surface area contributed by atoms with E-state index < -0.39 is 0 Å². The molecule has 0 aliphatic carbocycles. The summed E-state index contributed by atoms with van der Waals surface area (Å²) in [6.07, 6.45) is 0.906. The van der Waals surface area contributed by atoms with Crippen LogP contribution in [-0.4, -0.2) is 38.8 Å². The van der Waals surface area contributed by atoms with Crippen LogP contribution >= 0.6 is 22.9 Å². The van der Waals surface area contributed by atoms with Gasteiger partial charge in [0.1, 0.15) is 11.8 Å². The molecule has 0 amide bonds. The van der Waals surface area contributed by atoms with Gasteiger partial charge in [0.25, 0.3) is 0 Å². The minimum Gasteiger partial charge on any atom is -0.493 e. The van der Waals surface area contributed by atoms with Crippen molar-refractivity contribution in [2.24, 2.45) is 0 Å². The molecule has 1 atom stereocenters. The van der Waals surface area contributed by atoms with Crippen LogP contribution in [0.5, 0.6) is 11.5 Å². The molecule has 2 aromatic rings. The number of benzene rings is 1. The molecule has 0 spiro atoms. The molecule has 23 heavy (non-hydrogen) atoms. The van der Waals surface area contributed by atoms with Crippen LogP contribution in [0.2, 0.25) is 5.15 Å². The molecule has 2 heterocycles. The number of aromatic nitrogens is 1. The Labute approximate surface area is 145 Å². The number of halogens is 1. The van der Waals surface area contributed by atoms with Crippen LogP contribution in [0.25, 0.3) is 0 Å². The van der Waals surface area contributed by atoms with E-state index in [1.807, 2.05) is 31.1 Å². The predicted molar refractivity (Wildman–Crippen MR) is 94.3 cm³/mol. The van der Waals surface area contributed by atoms with Crippen LogP contribution < -0.4 is 19.7 Å². The molecule has 7 heteroatoms. The molecule has 1 unspecified atom stereocenters. The van der Waals surface area contributed by atoms with E-state index in [1.165, 1.54) is 0 Å². The monoisotopic (exact) mass is 353 g/mol. The summed E-state index contributed by atoms with van der Waals surface area (Å²) in [5.74, 6) is 1.65.